The first-order valence-corrected chi connectivity index (χ1v) is 6.72. The first-order valence-electron chi connectivity index (χ1n) is 6.72. The molecule has 0 atom stereocenters. The van der Waals surface area contributed by atoms with Crippen LogP contribution in [0.4, 0.5) is 5.69 Å². The van der Waals surface area contributed by atoms with Crippen LogP contribution >= 0.6 is 0 Å². The fourth-order valence-corrected chi connectivity index (χ4v) is 2.99. The predicted molar refractivity (Wildman–Crippen MR) is 73.1 cm³/mol. The first kappa shape index (κ1) is 12.2. The zero-order valence-corrected chi connectivity index (χ0v) is 11.3. The second-order valence-corrected chi connectivity index (χ2v) is 5.97. The Labute approximate surface area is 112 Å². The lowest BCUT2D eigenvalue weighted by molar-refractivity contribution is -0.115. The Bertz CT molecular complexity index is 563. The third-order valence-electron chi connectivity index (χ3n) is 4.13. The monoisotopic (exact) mass is 258 g/mol. The number of amides is 2. The van der Waals surface area contributed by atoms with Crippen LogP contribution in [0.15, 0.2) is 18.2 Å². The molecule has 100 valence electrons. The number of nitrogens with zero attached hydrogens (tertiary/aromatic N) is 1. The minimum atomic E-state index is -0.0701. The van der Waals surface area contributed by atoms with Gasteiger partial charge in [0.05, 0.1) is 6.42 Å². The lowest BCUT2D eigenvalue weighted by Crippen LogP contribution is -2.42. The maximum absolute atomic E-state index is 12.6. The average molecular weight is 258 g/mol. The Kier molecular flexibility index (Phi) is 2.62. The van der Waals surface area contributed by atoms with Crippen LogP contribution in [-0.2, 0) is 11.2 Å². The Morgan fingerprint density at radius 2 is 2.16 bits per heavy atom. The van der Waals surface area contributed by atoms with Crippen LogP contribution in [0.1, 0.15) is 42.6 Å². The molecule has 3 rings (SSSR count). The second-order valence-electron chi connectivity index (χ2n) is 5.97. The molecule has 4 heteroatoms. The maximum atomic E-state index is 12.6. The van der Waals surface area contributed by atoms with E-state index in [1.54, 1.807) is 6.07 Å². The lowest BCUT2D eigenvalue weighted by Gasteiger charge is -2.31. The molecule has 19 heavy (non-hydrogen) atoms. The van der Waals surface area contributed by atoms with E-state index in [4.69, 9.17) is 0 Å². The van der Waals surface area contributed by atoms with Crippen LogP contribution in [0.2, 0.25) is 0 Å². The van der Waals surface area contributed by atoms with Crippen LogP contribution in [0.3, 0.4) is 0 Å². The molecule has 1 fully saturated rings. The highest BCUT2D eigenvalue weighted by Gasteiger charge is 2.36. The molecule has 2 heterocycles. The summed E-state index contributed by atoms with van der Waals surface area (Å²) in [6.45, 7) is 5.02. The summed E-state index contributed by atoms with van der Waals surface area (Å²) < 4.78 is 0. The number of rotatable bonds is 1. The molecule has 0 unspecified atom stereocenters. The van der Waals surface area contributed by atoms with Gasteiger partial charge in [0.1, 0.15) is 0 Å². The summed E-state index contributed by atoms with van der Waals surface area (Å²) in [4.78, 5) is 25.8. The van der Waals surface area contributed by atoms with Crippen molar-refractivity contribution in [1.29, 1.82) is 0 Å². The van der Waals surface area contributed by atoms with E-state index in [2.05, 4.69) is 19.2 Å². The lowest BCUT2D eigenvalue weighted by atomic mass is 10.0. The Balaban J connectivity index is 1.89. The van der Waals surface area contributed by atoms with E-state index in [0.29, 0.717) is 12.0 Å². The number of fused-ring (bicyclic) bond motifs is 1. The van der Waals surface area contributed by atoms with Gasteiger partial charge in [0.15, 0.2) is 0 Å². The van der Waals surface area contributed by atoms with Crippen molar-refractivity contribution >= 4 is 17.5 Å². The van der Waals surface area contributed by atoms with Crippen LogP contribution in [0, 0.1) is 0 Å². The molecule has 1 aromatic carbocycles. The highest BCUT2D eigenvalue weighted by molar-refractivity contribution is 6.02. The number of benzene rings is 1. The number of likely N-dealkylation sites (tertiary alicyclic amines) is 1. The SMILES string of the molecule is CC1(C)CCCN1C(=O)c1ccc2c(c1)NC(=O)C2. The van der Waals surface area contributed by atoms with Gasteiger partial charge in [-0.3, -0.25) is 9.59 Å². The van der Waals surface area contributed by atoms with Crippen molar-refractivity contribution in [1.82, 2.24) is 4.90 Å². The quantitative estimate of drug-likeness (QED) is 0.839. The van der Waals surface area contributed by atoms with Crippen molar-refractivity contribution in [3.8, 4) is 0 Å². The van der Waals surface area contributed by atoms with Gasteiger partial charge in [0.2, 0.25) is 5.91 Å². The van der Waals surface area contributed by atoms with Crippen molar-refractivity contribution in [2.75, 3.05) is 11.9 Å². The van der Waals surface area contributed by atoms with Crippen LogP contribution in [-0.4, -0.2) is 28.8 Å². The summed E-state index contributed by atoms with van der Waals surface area (Å²) >= 11 is 0. The second kappa shape index (κ2) is 4.08. The molecule has 0 radical (unpaired) electrons. The number of carbonyl (C=O) groups excluding carboxylic acids is 2. The van der Waals surface area contributed by atoms with Gasteiger partial charge in [-0.25, -0.2) is 0 Å². The van der Waals surface area contributed by atoms with Gasteiger partial charge >= 0.3 is 0 Å². The van der Waals surface area contributed by atoms with Crippen LogP contribution in [0.5, 0.6) is 0 Å². The van der Waals surface area contributed by atoms with Gasteiger partial charge in [0, 0.05) is 23.3 Å². The highest BCUT2D eigenvalue weighted by Crippen LogP contribution is 2.31. The topological polar surface area (TPSA) is 49.4 Å². The molecule has 0 spiro atoms. The van der Waals surface area contributed by atoms with Crippen molar-refractivity contribution in [2.24, 2.45) is 0 Å². The van der Waals surface area contributed by atoms with E-state index in [-0.39, 0.29) is 17.4 Å². The van der Waals surface area contributed by atoms with Gasteiger partial charge in [-0.05, 0) is 44.4 Å². The van der Waals surface area contributed by atoms with Crippen molar-refractivity contribution in [3.63, 3.8) is 0 Å². The van der Waals surface area contributed by atoms with E-state index in [9.17, 15) is 9.59 Å². The van der Waals surface area contributed by atoms with E-state index in [1.807, 2.05) is 17.0 Å². The van der Waals surface area contributed by atoms with Crippen molar-refractivity contribution < 1.29 is 9.59 Å². The first-order chi connectivity index (χ1) is 8.97. The van der Waals surface area contributed by atoms with E-state index in [1.165, 1.54) is 0 Å². The van der Waals surface area contributed by atoms with Crippen molar-refractivity contribution in [3.05, 3.63) is 29.3 Å². The summed E-state index contributed by atoms with van der Waals surface area (Å²) in [5, 5.41) is 2.79. The summed E-state index contributed by atoms with van der Waals surface area (Å²) in [5.41, 5.74) is 2.35. The van der Waals surface area contributed by atoms with Gasteiger partial charge in [-0.2, -0.15) is 0 Å². The fourth-order valence-electron chi connectivity index (χ4n) is 2.99. The molecular formula is C15H18N2O2. The van der Waals surface area contributed by atoms with Gasteiger partial charge < -0.3 is 10.2 Å². The van der Waals surface area contributed by atoms with Crippen molar-refractivity contribution in [2.45, 2.75) is 38.6 Å². The number of hydrogen-bond acceptors (Lipinski definition) is 2. The van der Waals surface area contributed by atoms with Crippen LogP contribution in [0.25, 0.3) is 0 Å². The smallest absolute Gasteiger partial charge is 0.254 e. The Morgan fingerprint density at radius 1 is 1.37 bits per heavy atom. The average Bonchev–Trinajstić information content (AvgIpc) is 2.88. The molecule has 1 N–H and O–H groups in total. The Morgan fingerprint density at radius 3 is 2.84 bits per heavy atom. The third kappa shape index (κ3) is 2.01. The maximum Gasteiger partial charge on any atom is 0.254 e. The molecule has 4 nitrogen and oxygen atoms in total. The molecule has 0 aliphatic carbocycles. The molecule has 0 aromatic heterocycles. The number of anilines is 1. The minimum Gasteiger partial charge on any atom is -0.334 e. The zero-order valence-electron chi connectivity index (χ0n) is 11.3. The summed E-state index contributed by atoms with van der Waals surface area (Å²) in [6, 6.07) is 5.51. The number of nitrogens with one attached hydrogen (secondary N) is 1. The predicted octanol–water partition coefficient (Wildman–Crippen LogP) is 2.20. The number of carbonyl (C=O) groups is 2. The van der Waals surface area contributed by atoms with Gasteiger partial charge in [-0.15, -0.1) is 0 Å². The highest BCUT2D eigenvalue weighted by atomic mass is 16.2. The Hall–Kier alpha value is -1.84. The molecule has 1 saturated heterocycles. The molecule has 2 aliphatic heterocycles. The molecule has 0 bridgehead atoms. The van der Waals surface area contributed by atoms with E-state index in [0.717, 1.165) is 30.6 Å². The summed E-state index contributed by atoms with van der Waals surface area (Å²) in [5.74, 6) is 0.0625. The number of hydrogen-bond donors (Lipinski definition) is 1. The fraction of sp³-hybridized carbons (Fsp3) is 0.467. The zero-order chi connectivity index (χ0) is 13.6. The summed E-state index contributed by atoms with van der Waals surface area (Å²) in [6.07, 6.45) is 2.51. The van der Waals surface area contributed by atoms with Gasteiger partial charge in [-0.1, -0.05) is 6.07 Å². The minimum absolute atomic E-state index is 0.00102. The normalized spacial score (nSPS) is 20.3. The summed E-state index contributed by atoms with van der Waals surface area (Å²) in [7, 11) is 0. The van der Waals surface area contributed by atoms with E-state index >= 15 is 0 Å². The molecular weight excluding hydrogens is 240 g/mol. The largest absolute Gasteiger partial charge is 0.334 e. The third-order valence-corrected chi connectivity index (χ3v) is 4.13. The molecule has 0 saturated carbocycles. The molecule has 2 amide bonds. The van der Waals surface area contributed by atoms with E-state index < -0.39 is 0 Å². The standard InChI is InChI=1S/C15H18N2O2/c1-15(2)6-3-7-17(15)14(19)11-5-4-10-9-13(18)16-12(10)8-11/h4-5,8H,3,6-7,9H2,1-2H3,(H,16,18). The molecule has 1 aromatic rings. The molecule has 2 aliphatic rings. The van der Waals surface area contributed by atoms with Gasteiger partial charge in [0.25, 0.3) is 5.91 Å². The van der Waals surface area contributed by atoms with Crippen LogP contribution < -0.4 is 5.32 Å².